The minimum absolute atomic E-state index is 0.819. The van der Waals surface area contributed by atoms with E-state index in [9.17, 15) is 0 Å². The van der Waals surface area contributed by atoms with Gasteiger partial charge in [0, 0.05) is 18.0 Å². The average molecular weight is 273 g/mol. The van der Waals surface area contributed by atoms with E-state index in [2.05, 4.69) is 23.2 Å². The first-order valence-corrected chi connectivity index (χ1v) is 7.64. The fourth-order valence-corrected chi connectivity index (χ4v) is 3.60. The van der Waals surface area contributed by atoms with E-state index in [0.717, 1.165) is 29.9 Å². The van der Waals surface area contributed by atoms with Gasteiger partial charge in [-0.3, -0.25) is 4.90 Å². The molecule has 17 heavy (non-hydrogen) atoms. The lowest BCUT2D eigenvalue weighted by atomic mass is 9.98. The summed E-state index contributed by atoms with van der Waals surface area (Å²) in [5, 5.41) is 3.46. The molecule has 1 saturated heterocycles. The Morgan fingerprint density at radius 3 is 3.12 bits per heavy atom. The van der Waals surface area contributed by atoms with Gasteiger partial charge < -0.3 is 5.32 Å². The predicted octanol–water partition coefficient (Wildman–Crippen LogP) is 3.22. The van der Waals surface area contributed by atoms with Gasteiger partial charge in [-0.1, -0.05) is 18.5 Å². The summed E-state index contributed by atoms with van der Waals surface area (Å²) in [7, 11) is 0. The normalized spacial score (nSPS) is 21.9. The molecule has 0 bridgehead atoms. The monoisotopic (exact) mass is 272 g/mol. The lowest BCUT2D eigenvalue weighted by molar-refractivity contribution is 0.167. The van der Waals surface area contributed by atoms with Crippen LogP contribution < -0.4 is 5.32 Å². The predicted molar refractivity (Wildman–Crippen MR) is 75.9 cm³/mol. The molecule has 1 aromatic heterocycles. The minimum atomic E-state index is 0.819. The van der Waals surface area contributed by atoms with Gasteiger partial charge in [0.05, 0.1) is 4.34 Å². The van der Waals surface area contributed by atoms with Crippen molar-refractivity contribution in [3.63, 3.8) is 0 Å². The number of nitrogens with one attached hydrogen (secondary N) is 1. The van der Waals surface area contributed by atoms with Crippen molar-refractivity contribution in [3.8, 4) is 0 Å². The highest BCUT2D eigenvalue weighted by Crippen LogP contribution is 2.24. The zero-order chi connectivity index (χ0) is 12.1. The van der Waals surface area contributed by atoms with Crippen molar-refractivity contribution in [2.75, 3.05) is 26.2 Å². The van der Waals surface area contributed by atoms with E-state index >= 15 is 0 Å². The SMILES string of the molecule is CCNCC1CCCN(Cc2ccc(Cl)s2)C1. The van der Waals surface area contributed by atoms with Crippen LogP contribution in [0.1, 0.15) is 24.6 Å². The van der Waals surface area contributed by atoms with Crippen LogP contribution in [0.5, 0.6) is 0 Å². The first kappa shape index (κ1) is 13.3. The van der Waals surface area contributed by atoms with Gasteiger partial charge in [0.1, 0.15) is 0 Å². The van der Waals surface area contributed by atoms with Crippen LogP contribution in [0.2, 0.25) is 4.34 Å². The smallest absolute Gasteiger partial charge is 0.0931 e. The van der Waals surface area contributed by atoms with Gasteiger partial charge in [-0.15, -0.1) is 11.3 Å². The van der Waals surface area contributed by atoms with Crippen LogP contribution in [0.25, 0.3) is 0 Å². The van der Waals surface area contributed by atoms with Crippen LogP contribution in [-0.4, -0.2) is 31.1 Å². The van der Waals surface area contributed by atoms with Crippen LogP contribution in [-0.2, 0) is 6.54 Å². The van der Waals surface area contributed by atoms with Crippen molar-refractivity contribution in [3.05, 3.63) is 21.3 Å². The molecule has 0 aromatic carbocycles. The third-order valence-electron chi connectivity index (χ3n) is 3.29. The number of piperidine rings is 1. The maximum Gasteiger partial charge on any atom is 0.0931 e. The molecule has 1 aromatic rings. The largest absolute Gasteiger partial charge is 0.317 e. The van der Waals surface area contributed by atoms with Crippen molar-refractivity contribution >= 4 is 22.9 Å². The average Bonchev–Trinajstić information content (AvgIpc) is 2.73. The number of hydrogen-bond acceptors (Lipinski definition) is 3. The van der Waals surface area contributed by atoms with E-state index in [1.165, 1.54) is 30.8 Å². The number of likely N-dealkylation sites (tertiary alicyclic amines) is 1. The first-order chi connectivity index (χ1) is 8.28. The summed E-state index contributed by atoms with van der Waals surface area (Å²) >= 11 is 7.67. The quantitative estimate of drug-likeness (QED) is 0.885. The molecule has 1 fully saturated rings. The second-order valence-corrected chi connectivity index (χ2v) is 6.56. The van der Waals surface area contributed by atoms with Crippen molar-refractivity contribution in [1.82, 2.24) is 10.2 Å². The minimum Gasteiger partial charge on any atom is -0.317 e. The third kappa shape index (κ3) is 4.25. The highest BCUT2D eigenvalue weighted by Gasteiger charge is 2.19. The summed E-state index contributed by atoms with van der Waals surface area (Å²) < 4.78 is 0.904. The molecule has 96 valence electrons. The van der Waals surface area contributed by atoms with E-state index in [-0.39, 0.29) is 0 Å². The van der Waals surface area contributed by atoms with Crippen LogP contribution in [0.4, 0.5) is 0 Å². The summed E-state index contributed by atoms with van der Waals surface area (Å²) in [6.45, 7) is 7.95. The highest BCUT2D eigenvalue weighted by molar-refractivity contribution is 7.16. The Morgan fingerprint density at radius 2 is 2.41 bits per heavy atom. The Hall–Kier alpha value is -0.0900. The number of halogens is 1. The Balaban J connectivity index is 1.80. The van der Waals surface area contributed by atoms with E-state index in [4.69, 9.17) is 11.6 Å². The van der Waals surface area contributed by atoms with Gasteiger partial charge in [0.15, 0.2) is 0 Å². The molecule has 0 spiro atoms. The highest BCUT2D eigenvalue weighted by atomic mass is 35.5. The van der Waals surface area contributed by atoms with Crippen LogP contribution >= 0.6 is 22.9 Å². The molecule has 4 heteroatoms. The fourth-order valence-electron chi connectivity index (χ4n) is 2.47. The van der Waals surface area contributed by atoms with Crippen LogP contribution in [0, 0.1) is 5.92 Å². The standard InChI is InChI=1S/C13H21ClN2S/c1-2-15-8-11-4-3-7-16(9-11)10-12-5-6-13(14)17-12/h5-6,11,15H,2-4,7-10H2,1H3. The molecular formula is C13H21ClN2S. The zero-order valence-electron chi connectivity index (χ0n) is 10.4. The number of nitrogens with zero attached hydrogens (tertiary/aromatic N) is 1. The Morgan fingerprint density at radius 1 is 1.53 bits per heavy atom. The van der Waals surface area contributed by atoms with Crippen molar-refractivity contribution in [1.29, 1.82) is 0 Å². The fraction of sp³-hybridized carbons (Fsp3) is 0.692. The molecule has 2 heterocycles. The van der Waals surface area contributed by atoms with Crippen molar-refractivity contribution in [2.45, 2.75) is 26.3 Å². The molecule has 0 saturated carbocycles. The number of rotatable bonds is 5. The molecule has 1 N–H and O–H groups in total. The molecule has 2 nitrogen and oxygen atoms in total. The van der Waals surface area contributed by atoms with Gasteiger partial charge in [-0.25, -0.2) is 0 Å². The summed E-state index contributed by atoms with van der Waals surface area (Å²) in [6, 6.07) is 4.16. The molecule has 0 aliphatic carbocycles. The Labute approximate surface area is 113 Å². The van der Waals surface area contributed by atoms with Gasteiger partial charge in [-0.05, 0) is 50.5 Å². The lowest BCUT2D eigenvalue weighted by Crippen LogP contribution is -2.39. The maximum atomic E-state index is 5.97. The van der Waals surface area contributed by atoms with E-state index in [1.54, 1.807) is 11.3 Å². The summed E-state index contributed by atoms with van der Waals surface area (Å²) in [6.07, 6.45) is 2.70. The molecule has 1 unspecified atom stereocenters. The van der Waals surface area contributed by atoms with Gasteiger partial charge in [-0.2, -0.15) is 0 Å². The molecular weight excluding hydrogens is 252 g/mol. The summed E-state index contributed by atoms with van der Waals surface area (Å²) in [5.41, 5.74) is 0. The molecule has 0 radical (unpaired) electrons. The second kappa shape index (κ2) is 6.74. The maximum absolute atomic E-state index is 5.97. The first-order valence-electron chi connectivity index (χ1n) is 6.45. The van der Waals surface area contributed by atoms with Crippen molar-refractivity contribution < 1.29 is 0 Å². The summed E-state index contributed by atoms with van der Waals surface area (Å²) in [5.74, 6) is 0.819. The zero-order valence-corrected chi connectivity index (χ0v) is 12.0. The lowest BCUT2D eigenvalue weighted by Gasteiger charge is -2.32. The molecule has 2 rings (SSSR count). The Bertz CT molecular complexity index is 340. The number of thiophene rings is 1. The molecule has 1 atom stereocenters. The van der Waals surface area contributed by atoms with Gasteiger partial charge in [0.2, 0.25) is 0 Å². The van der Waals surface area contributed by atoms with E-state index < -0.39 is 0 Å². The van der Waals surface area contributed by atoms with E-state index in [0.29, 0.717) is 0 Å². The second-order valence-electron chi connectivity index (χ2n) is 4.76. The van der Waals surface area contributed by atoms with Gasteiger partial charge >= 0.3 is 0 Å². The molecule has 1 aliphatic rings. The molecule has 0 amide bonds. The third-order valence-corrected chi connectivity index (χ3v) is 4.51. The van der Waals surface area contributed by atoms with Crippen LogP contribution in [0.3, 0.4) is 0 Å². The topological polar surface area (TPSA) is 15.3 Å². The van der Waals surface area contributed by atoms with Crippen molar-refractivity contribution in [2.24, 2.45) is 5.92 Å². The van der Waals surface area contributed by atoms with Gasteiger partial charge in [0.25, 0.3) is 0 Å². The van der Waals surface area contributed by atoms with Crippen LogP contribution in [0.15, 0.2) is 12.1 Å². The Kier molecular flexibility index (Phi) is 5.29. The molecule has 1 aliphatic heterocycles. The van der Waals surface area contributed by atoms with E-state index in [1.807, 2.05) is 6.07 Å². The number of hydrogen-bond donors (Lipinski definition) is 1. The summed E-state index contributed by atoms with van der Waals surface area (Å²) in [4.78, 5) is 3.95.